The van der Waals surface area contributed by atoms with Crippen molar-refractivity contribution in [1.29, 1.82) is 0 Å². The molecule has 0 radical (unpaired) electrons. The van der Waals surface area contributed by atoms with E-state index >= 15 is 0 Å². The van der Waals surface area contributed by atoms with Crippen LogP contribution < -0.4 is 10.6 Å². The second-order valence-electron chi connectivity index (χ2n) is 13.0. The monoisotopic (exact) mass is 715 g/mol. The summed E-state index contributed by atoms with van der Waals surface area (Å²) in [6, 6.07) is -1.39. The van der Waals surface area contributed by atoms with E-state index in [2.05, 4.69) is 73.1 Å². The molecule has 0 aliphatic rings. The zero-order valence-corrected chi connectivity index (χ0v) is 31.8. The summed E-state index contributed by atoms with van der Waals surface area (Å²) in [4.78, 5) is 47.3. The average molecular weight is 715 g/mol. The highest BCUT2D eigenvalue weighted by atomic mass is 16.5. The number of aliphatic hydroxyl groups is 1. The van der Waals surface area contributed by atoms with Gasteiger partial charge in [0.15, 0.2) is 0 Å². The second-order valence-corrected chi connectivity index (χ2v) is 13.0. The van der Waals surface area contributed by atoms with E-state index in [1.54, 1.807) is 0 Å². The fourth-order valence-electron chi connectivity index (χ4n) is 5.32. The van der Waals surface area contributed by atoms with Crippen molar-refractivity contribution in [2.24, 2.45) is 0 Å². The number of carboxylic acid groups (broad SMARTS) is 1. The molecule has 0 rings (SSSR count). The Labute approximate surface area is 309 Å². The van der Waals surface area contributed by atoms with Gasteiger partial charge >= 0.3 is 11.9 Å². The predicted molar refractivity (Wildman–Crippen MR) is 208 cm³/mol. The summed E-state index contributed by atoms with van der Waals surface area (Å²) in [5.74, 6) is -2.44. The van der Waals surface area contributed by atoms with Crippen molar-refractivity contribution in [2.75, 3.05) is 13.2 Å². The van der Waals surface area contributed by atoms with Crippen LogP contribution in [0, 0.1) is 0 Å². The molecule has 0 aliphatic heterocycles. The summed E-state index contributed by atoms with van der Waals surface area (Å²) in [6.45, 7) is 3.32. The molecule has 0 aromatic carbocycles. The van der Waals surface area contributed by atoms with Gasteiger partial charge < -0.3 is 25.6 Å². The second kappa shape index (κ2) is 36.3. The first-order valence-corrected chi connectivity index (χ1v) is 19.7. The molecule has 2 atom stereocenters. The van der Waals surface area contributed by atoms with Gasteiger partial charge in [-0.1, -0.05) is 139 Å². The molecule has 0 aromatic heterocycles. The third-order valence-electron chi connectivity index (χ3n) is 8.31. The van der Waals surface area contributed by atoms with Crippen molar-refractivity contribution in [2.45, 2.75) is 167 Å². The number of carbonyl (C=O) groups excluding carboxylic acids is 3. The Morgan fingerprint density at radius 3 is 1.57 bits per heavy atom. The molecular weight excluding hydrogens is 644 g/mol. The van der Waals surface area contributed by atoms with Crippen LogP contribution in [0.25, 0.3) is 0 Å². The number of amides is 2. The number of unbranched alkanes of at least 4 members (excludes halogenated alkanes) is 11. The van der Waals surface area contributed by atoms with E-state index in [0.717, 1.165) is 77.0 Å². The maximum Gasteiger partial charge on any atom is 0.328 e. The molecule has 0 fully saturated rings. The molecule has 0 saturated carbocycles. The summed E-state index contributed by atoms with van der Waals surface area (Å²) < 4.78 is 5.92. The lowest BCUT2D eigenvalue weighted by molar-refractivity contribution is -0.148. The fraction of sp³-hybridized carbons (Fsp3) is 0.667. The van der Waals surface area contributed by atoms with Crippen LogP contribution in [0.3, 0.4) is 0 Å². The number of hydrogen-bond acceptors (Lipinski definition) is 6. The molecular formula is C42H70N2O7. The summed E-state index contributed by atoms with van der Waals surface area (Å²) >= 11 is 0. The Morgan fingerprint density at radius 2 is 1.08 bits per heavy atom. The van der Waals surface area contributed by atoms with Crippen molar-refractivity contribution < 1.29 is 34.1 Å². The zero-order valence-electron chi connectivity index (χ0n) is 31.8. The van der Waals surface area contributed by atoms with E-state index in [1.807, 2.05) is 12.2 Å². The number of hydrogen-bond donors (Lipinski definition) is 4. The van der Waals surface area contributed by atoms with Crippen LogP contribution in [0.2, 0.25) is 0 Å². The van der Waals surface area contributed by atoms with Gasteiger partial charge in [0.1, 0.15) is 12.1 Å². The van der Waals surface area contributed by atoms with Gasteiger partial charge in [-0.25, -0.2) is 4.79 Å². The molecule has 4 N–H and O–H groups in total. The van der Waals surface area contributed by atoms with E-state index in [0.29, 0.717) is 6.42 Å². The SMILES string of the molecule is CC/C=C\C/C=C\C/C=C\C/C=C\C/C=C\CC(=O)OC(CCCCCCCCCC)CCCCCCCC(=O)NCC(=O)NC(CO)C(=O)O. The quantitative estimate of drug-likeness (QED) is 0.0296. The number of allylic oxidation sites excluding steroid dienone is 9. The zero-order chi connectivity index (χ0) is 37.6. The number of aliphatic carboxylic acids is 1. The fourth-order valence-corrected chi connectivity index (χ4v) is 5.32. The van der Waals surface area contributed by atoms with Gasteiger partial charge in [0.25, 0.3) is 0 Å². The summed E-state index contributed by atoms with van der Waals surface area (Å²) in [7, 11) is 0. The number of carboxylic acids is 1. The molecule has 0 bridgehead atoms. The number of nitrogens with one attached hydrogen (secondary N) is 2. The standard InChI is InChI=1S/C42H70N2O7/c1-3-5-7-9-11-13-14-15-16-17-18-19-21-26-30-34-41(48)51-37(31-27-23-20-12-10-8-6-4-2)32-28-24-22-25-29-33-39(46)43-35-40(47)44-38(36-45)42(49)50/h5,7,11,13,15-16,18-19,26,30,37-38,45H,3-4,6,8-10,12,14,17,20-25,27-29,31-36H2,1-2H3,(H,43,46)(H,44,47)(H,49,50)/b7-5-,13-11-,16-15-,19-18-,30-26-. The molecule has 51 heavy (non-hydrogen) atoms. The lowest BCUT2D eigenvalue weighted by Gasteiger charge is -2.18. The Morgan fingerprint density at radius 1 is 0.608 bits per heavy atom. The Bertz CT molecular complexity index is 1050. The van der Waals surface area contributed by atoms with Crippen molar-refractivity contribution in [3.63, 3.8) is 0 Å². The van der Waals surface area contributed by atoms with Crippen LogP contribution in [0.15, 0.2) is 60.8 Å². The van der Waals surface area contributed by atoms with Crippen LogP contribution >= 0.6 is 0 Å². The molecule has 290 valence electrons. The van der Waals surface area contributed by atoms with E-state index in [4.69, 9.17) is 14.9 Å². The lowest BCUT2D eigenvalue weighted by Crippen LogP contribution is -2.47. The number of carbonyl (C=O) groups is 4. The molecule has 0 heterocycles. The van der Waals surface area contributed by atoms with Gasteiger partial charge in [0.2, 0.25) is 11.8 Å². The van der Waals surface area contributed by atoms with E-state index in [-0.39, 0.29) is 37.4 Å². The molecule has 9 nitrogen and oxygen atoms in total. The van der Waals surface area contributed by atoms with E-state index in [9.17, 15) is 19.2 Å². The van der Waals surface area contributed by atoms with E-state index in [1.165, 1.54) is 44.9 Å². The maximum absolute atomic E-state index is 12.6. The predicted octanol–water partition coefficient (Wildman–Crippen LogP) is 8.98. The van der Waals surface area contributed by atoms with Crippen molar-refractivity contribution in [3.8, 4) is 0 Å². The van der Waals surface area contributed by atoms with Crippen LogP contribution in [0.1, 0.15) is 155 Å². The normalized spacial score (nSPS) is 13.2. The molecule has 9 heteroatoms. The van der Waals surface area contributed by atoms with E-state index < -0.39 is 24.5 Å². The topological polar surface area (TPSA) is 142 Å². The number of esters is 1. The highest BCUT2D eigenvalue weighted by Crippen LogP contribution is 2.18. The molecule has 2 amide bonds. The molecule has 2 unspecified atom stereocenters. The molecule has 0 aliphatic carbocycles. The van der Waals surface area contributed by atoms with Gasteiger partial charge in [-0.3, -0.25) is 14.4 Å². The summed E-state index contributed by atoms with van der Waals surface area (Å²) in [5, 5.41) is 22.5. The average Bonchev–Trinajstić information content (AvgIpc) is 3.11. The summed E-state index contributed by atoms with van der Waals surface area (Å²) in [6.07, 6.45) is 42.6. The third-order valence-corrected chi connectivity index (χ3v) is 8.31. The lowest BCUT2D eigenvalue weighted by atomic mass is 10.0. The van der Waals surface area contributed by atoms with Gasteiger partial charge in [-0.15, -0.1) is 0 Å². The van der Waals surface area contributed by atoms with Crippen LogP contribution in [-0.2, 0) is 23.9 Å². The minimum Gasteiger partial charge on any atom is -0.480 e. The minimum absolute atomic E-state index is 0.0659. The largest absolute Gasteiger partial charge is 0.480 e. The van der Waals surface area contributed by atoms with Crippen LogP contribution in [0.4, 0.5) is 0 Å². The van der Waals surface area contributed by atoms with Crippen molar-refractivity contribution in [1.82, 2.24) is 10.6 Å². The van der Waals surface area contributed by atoms with Crippen LogP contribution in [-0.4, -0.2) is 59.3 Å². The first kappa shape index (κ1) is 47.5. The maximum atomic E-state index is 12.6. The summed E-state index contributed by atoms with van der Waals surface area (Å²) in [5.41, 5.74) is 0. The van der Waals surface area contributed by atoms with Gasteiger partial charge in [-0.05, 0) is 64.2 Å². The third kappa shape index (κ3) is 33.4. The van der Waals surface area contributed by atoms with Gasteiger partial charge in [0, 0.05) is 6.42 Å². The number of aliphatic hydroxyl groups excluding tert-OH is 1. The molecule has 0 spiro atoms. The Hall–Kier alpha value is -3.46. The Kier molecular flexibility index (Phi) is 33.9. The Balaban J connectivity index is 4.39. The van der Waals surface area contributed by atoms with Crippen molar-refractivity contribution >= 4 is 23.8 Å². The van der Waals surface area contributed by atoms with Crippen LogP contribution in [0.5, 0.6) is 0 Å². The molecule has 0 aromatic rings. The van der Waals surface area contributed by atoms with Crippen molar-refractivity contribution in [3.05, 3.63) is 60.8 Å². The number of rotatable bonds is 34. The van der Waals surface area contributed by atoms with Gasteiger partial charge in [0.05, 0.1) is 19.6 Å². The first-order chi connectivity index (χ1) is 24.8. The minimum atomic E-state index is -1.39. The molecule has 0 saturated heterocycles. The first-order valence-electron chi connectivity index (χ1n) is 19.7. The smallest absolute Gasteiger partial charge is 0.328 e. The van der Waals surface area contributed by atoms with Gasteiger partial charge in [-0.2, -0.15) is 0 Å². The highest BCUT2D eigenvalue weighted by Gasteiger charge is 2.18. The highest BCUT2D eigenvalue weighted by molar-refractivity contribution is 5.87. The number of ether oxygens (including phenoxy) is 1.